The minimum atomic E-state index is -4.50. The summed E-state index contributed by atoms with van der Waals surface area (Å²) in [6.07, 6.45) is 0. The third-order valence-corrected chi connectivity index (χ3v) is 4.54. The molecule has 0 saturated carbocycles. The van der Waals surface area contributed by atoms with Crippen LogP contribution >= 0.6 is 15.9 Å². The Kier molecular flexibility index (Phi) is 4.85. The zero-order chi connectivity index (χ0) is 18.1. The fourth-order valence-corrected chi connectivity index (χ4v) is 3.45. The zero-order valence-electron chi connectivity index (χ0n) is 12.0. The highest BCUT2D eigenvalue weighted by molar-refractivity contribution is 9.10. The lowest BCUT2D eigenvalue weighted by Crippen LogP contribution is -2.11. The number of non-ortho nitro benzene ring substituents is 1. The zero-order valence-corrected chi connectivity index (χ0v) is 14.4. The molecule has 24 heavy (non-hydrogen) atoms. The molecule has 126 valence electrons. The Balaban J connectivity index is 2.50. The maximum absolute atomic E-state index is 12.3. The Morgan fingerprint density at radius 3 is 2.29 bits per heavy atom. The predicted octanol–water partition coefficient (Wildman–Crippen LogP) is 3.34. The van der Waals surface area contributed by atoms with Gasteiger partial charge < -0.3 is 4.18 Å². The van der Waals surface area contributed by atoms with Crippen LogP contribution in [-0.4, -0.2) is 18.3 Å². The van der Waals surface area contributed by atoms with Crippen molar-refractivity contribution < 1.29 is 22.4 Å². The molecule has 0 atom stereocenters. The summed E-state index contributed by atoms with van der Waals surface area (Å²) in [5, 5.41) is 21.9. The van der Waals surface area contributed by atoms with Crippen LogP contribution in [0.4, 0.5) is 11.4 Å². The minimum absolute atomic E-state index is 0.150. The fraction of sp³-hybridized carbons (Fsp3) is 0.0769. The largest absolute Gasteiger partial charge is 0.372 e. The van der Waals surface area contributed by atoms with E-state index >= 15 is 0 Å². The van der Waals surface area contributed by atoms with Crippen molar-refractivity contribution in [1.29, 1.82) is 0 Å². The molecule has 0 aliphatic rings. The first-order valence-corrected chi connectivity index (χ1v) is 8.45. The van der Waals surface area contributed by atoms with E-state index in [0.29, 0.717) is 5.56 Å². The van der Waals surface area contributed by atoms with Crippen LogP contribution < -0.4 is 4.18 Å². The van der Waals surface area contributed by atoms with Crippen LogP contribution in [0, 0.1) is 27.2 Å². The van der Waals surface area contributed by atoms with Crippen LogP contribution in [0.1, 0.15) is 5.56 Å². The molecule has 2 rings (SSSR count). The number of hydrogen-bond donors (Lipinski definition) is 0. The summed E-state index contributed by atoms with van der Waals surface area (Å²) in [5.41, 5.74) is -0.447. The van der Waals surface area contributed by atoms with E-state index in [1.165, 1.54) is 6.07 Å². The number of rotatable bonds is 5. The SMILES string of the molecule is Cc1ccc(OS(=O)(=O)c2cc(Br)cc([N+](=O)[O-])c2)c([N+](=O)[O-])c1. The van der Waals surface area contributed by atoms with E-state index in [1.807, 2.05) is 0 Å². The van der Waals surface area contributed by atoms with Gasteiger partial charge in [-0.2, -0.15) is 8.42 Å². The lowest BCUT2D eigenvalue weighted by molar-refractivity contribution is -0.385. The number of nitrogens with zero attached hydrogens (tertiary/aromatic N) is 2. The molecule has 0 aliphatic carbocycles. The van der Waals surface area contributed by atoms with Gasteiger partial charge in [-0.25, -0.2) is 0 Å². The monoisotopic (exact) mass is 416 g/mol. The molecule has 0 aromatic heterocycles. The molecule has 9 nitrogen and oxygen atoms in total. The van der Waals surface area contributed by atoms with Crippen LogP contribution in [0.2, 0.25) is 0 Å². The van der Waals surface area contributed by atoms with E-state index in [0.717, 1.165) is 30.3 Å². The molecular formula is C13H9BrN2O7S. The van der Waals surface area contributed by atoms with Crippen molar-refractivity contribution in [3.05, 3.63) is 66.7 Å². The average molecular weight is 417 g/mol. The smallest absolute Gasteiger partial charge is 0.339 e. The third-order valence-electron chi connectivity index (χ3n) is 2.87. The second-order valence-electron chi connectivity index (χ2n) is 4.67. The van der Waals surface area contributed by atoms with Crippen LogP contribution in [-0.2, 0) is 10.1 Å². The van der Waals surface area contributed by atoms with Crippen molar-refractivity contribution in [3.63, 3.8) is 0 Å². The summed E-state index contributed by atoms with van der Waals surface area (Å²) in [6, 6.07) is 6.78. The quantitative estimate of drug-likeness (QED) is 0.414. The van der Waals surface area contributed by atoms with E-state index < -0.39 is 42.0 Å². The van der Waals surface area contributed by atoms with Crippen molar-refractivity contribution >= 4 is 37.4 Å². The van der Waals surface area contributed by atoms with Gasteiger partial charge in [0, 0.05) is 22.7 Å². The highest BCUT2D eigenvalue weighted by Crippen LogP contribution is 2.32. The van der Waals surface area contributed by atoms with Crippen molar-refractivity contribution in [3.8, 4) is 5.75 Å². The molecule has 2 aromatic carbocycles. The summed E-state index contributed by atoms with van der Waals surface area (Å²) in [5.74, 6) is -0.478. The second kappa shape index (κ2) is 6.53. The number of nitro benzene ring substituents is 2. The predicted molar refractivity (Wildman–Crippen MR) is 86.4 cm³/mol. The Bertz CT molecular complexity index is 943. The molecule has 0 amide bonds. The highest BCUT2D eigenvalue weighted by Gasteiger charge is 2.25. The van der Waals surface area contributed by atoms with Crippen molar-refractivity contribution in [2.75, 3.05) is 0 Å². The molecule has 0 unspecified atom stereocenters. The van der Waals surface area contributed by atoms with Gasteiger partial charge in [-0.15, -0.1) is 0 Å². The van der Waals surface area contributed by atoms with E-state index in [9.17, 15) is 28.6 Å². The first-order chi connectivity index (χ1) is 11.1. The van der Waals surface area contributed by atoms with E-state index in [-0.39, 0.29) is 4.47 Å². The molecule has 0 fully saturated rings. The lowest BCUT2D eigenvalue weighted by Gasteiger charge is -2.08. The van der Waals surface area contributed by atoms with Crippen LogP contribution in [0.25, 0.3) is 0 Å². The van der Waals surface area contributed by atoms with Crippen LogP contribution in [0.3, 0.4) is 0 Å². The van der Waals surface area contributed by atoms with E-state index in [2.05, 4.69) is 15.9 Å². The lowest BCUT2D eigenvalue weighted by atomic mass is 10.2. The molecule has 0 N–H and O–H groups in total. The Hall–Kier alpha value is -2.53. The van der Waals surface area contributed by atoms with Gasteiger partial charge in [-0.05, 0) is 24.6 Å². The maximum Gasteiger partial charge on any atom is 0.339 e. The van der Waals surface area contributed by atoms with Gasteiger partial charge in [0.1, 0.15) is 4.90 Å². The molecule has 0 radical (unpaired) electrons. The normalized spacial score (nSPS) is 11.1. The number of aryl methyl sites for hydroxylation is 1. The average Bonchev–Trinajstić information content (AvgIpc) is 2.48. The summed E-state index contributed by atoms with van der Waals surface area (Å²) in [7, 11) is -4.50. The summed E-state index contributed by atoms with van der Waals surface area (Å²) >= 11 is 2.97. The van der Waals surface area contributed by atoms with Gasteiger partial charge in [0.2, 0.25) is 5.75 Å². The first-order valence-electron chi connectivity index (χ1n) is 6.24. The molecular weight excluding hydrogens is 408 g/mol. The number of halogens is 1. The van der Waals surface area contributed by atoms with Gasteiger partial charge in [-0.3, -0.25) is 20.2 Å². The van der Waals surface area contributed by atoms with E-state index in [1.54, 1.807) is 6.92 Å². The summed E-state index contributed by atoms with van der Waals surface area (Å²) in [4.78, 5) is 19.8. The number of nitro groups is 2. The topological polar surface area (TPSA) is 130 Å². The molecule has 0 bridgehead atoms. The number of hydrogen-bond acceptors (Lipinski definition) is 7. The van der Waals surface area contributed by atoms with Crippen molar-refractivity contribution in [2.45, 2.75) is 11.8 Å². The Morgan fingerprint density at radius 1 is 1.04 bits per heavy atom. The van der Waals surface area contributed by atoms with Gasteiger partial charge in [0.15, 0.2) is 0 Å². The maximum atomic E-state index is 12.3. The van der Waals surface area contributed by atoms with Gasteiger partial charge in [-0.1, -0.05) is 22.0 Å². The third kappa shape index (κ3) is 3.86. The second-order valence-corrected chi connectivity index (χ2v) is 7.13. The van der Waals surface area contributed by atoms with Crippen LogP contribution in [0.15, 0.2) is 45.8 Å². The Labute approximate surface area is 144 Å². The molecule has 0 saturated heterocycles. The molecule has 0 heterocycles. The van der Waals surface area contributed by atoms with Crippen molar-refractivity contribution in [2.24, 2.45) is 0 Å². The molecule has 11 heteroatoms. The molecule has 0 aliphatic heterocycles. The highest BCUT2D eigenvalue weighted by atomic mass is 79.9. The Morgan fingerprint density at radius 2 is 1.71 bits per heavy atom. The standard InChI is InChI=1S/C13H9BrN2O7S/c1-8-2-3-13(12(4-8)16(19)20)23-24(21,22)11-6-9(14)5-10(7-11)15(17)18/h2-7H,1H3. The minimum Gasteiger partial charge on any atom is -0.372 e. The summed E-state index contributed by atoms with van der Waals surface area (Å²) < 4.78 is 29.6. The first kappa shape index (κ1) is 17.8. The van der Waals surface area contributed by atoms with Gasteiger partial charge in [0.25, 0.3) is 5.69 Å². The van der Waals surface area contributed by atoms with Crippen molar-refractivity contribution in [1.82, 2.24) is 0 Å². The van der Waals surface area contributed by atoms with E-state index in [4.69, 9.17) is 4.18 Å². The number of benzene rings is 2. The van der Waals surface area contributed by atoms with Gasteiger partial charge in [0.05, 0.1) is 9.85 Å². The fourth-order valence-electron chi connectivity index (χ4n) is 1.80. The van der Waals surface area contributed by atoms with Gasteiger partial charge >= 0.3 is 15.8 Å². The molecule has 2 aromatic rings. The van der Waals surface area contributed by atoms with Crippen LogP contribution in [0.5, 0.6) is 5.75 Å². The molecule has 0 spiro atoms. The summed E-state index contributed by atoms with van der Waals surface area (Å²) in [6.45, 7) is 1.60.